The van der Waals surface area contributed by atoms with Gasteiger partial charge in [0.2, 0.25) is 0 Å². The van der Waals surface area contributed by atoms with Crippen molar-refractivity contribution in [1.82, 2.24) is 4.90 Å². The van der Waals surface area contributed by atoms with Crippen molar-refractivity contribution in [1.29, 1.82) is 0 Å². The Kier molecular flexibility index (Phi) is 3.27. The topological polar surface area (TPSA) is 55.6 Å². The highest BCUT2D eigenvalue weighted by Gasteiger charge is 2.36. The number of ether oxygens (including phenoxy) is 1. The van der Waals surface area contributed by atoms with Crippen LogP contribution in [0, 0.1) is 5.92 Å². The number of hydrogen-bond donors (Lipinski definition) is 1. The van der Waals surface area contributed by atoms with Crippen LogP contribution >= 0.6 is 0 Å². The second kappa shape index (κ2) is 4.07. The molecule has 0 radical (unpaired) electrons. The molecule has 0 aromatic rings. The molecule has 76 valence electrons. The summed E-state index contributed by atoms with van der Waals surface area (Å²) in [5.74, 6) is -0.331. The van der Waals surface area contributed by atoms with Crippen LogP contribution in [-0.4, -0.2) is 43.2 Å². The van der Waals surface area contributed by atoms with Gasteiger partial charge in [-0.3, -0.25) is 9.69 Å². The molecule has 0 amide bonds. The van der Waals surface area contributed by atoms with E-state index in [1.165, 1.54) is 7.11 Å². The molecular weight excluding hydrogens is 168 g/mol. The molecule has 0 spiro atoms. The monoisotopic (exact) mass is 186 g/mol. The van der Waals surface area contributed by atoms with Gasteiger partial charge in [0.15, 0.2) is 0 Å². The van der Waals surface area contributed by atoms with Gasteiger partial charge in [0.05, 0.1) is 13.0 Å². The molecule has 4 nitrogen and oxygen atoms in total. The highest BCUT2D eigenvalue weighted by atomic mass is 16.5. The predicted octanol–water partition coefficient (Wildman–Crippen LogP) is -0.173. The van der Waals surface area contributed by atoms with Gasteiger partial charge in [-0.05, 0) is 13.8 Å². The minimum atomic E-state index is -0.185. The lowest BCUT2D eigenvalue weighted by molar-refractivity contribution is -0.145. The van der Waals surface area contributed by atoms with E-state index in [1.54, 1.807) is 0 Å². The van der Waals surface area contributed by atoms with E-state index in [1.807, 2.05) is 0 Å². The fraction of sp³-hybridized carbons (Fsp3) is 0.889. The molecule has 4 heteroatoms. The third-order valence-corrected chi connectivity index (χ3v) is 2.63. The van der Waals surface area contributed by atoms with Crippen LogP contribution in [0.25, 0.3) is 0 Å². The highest BCUT2D eigenvalue weighted by molar-refractivity contribution is 5.73. The SMILES string of the molecule is COC(=O)C1CN(C(C)C)CC1N. The minimum absolute atomic E-state index is 0.0742. The van der Waals surface area contributed by atoms with Gasteiger partial charge >= 0.3 is 5.97 Å². The van der Waals surface area contributed by atoms with Gasteiger partial charge in [0.25, 0.3) is 0 Å². The molecule has 0 aliphatic carbocycles. The number of carbonyl (C=O) groups excluding carboxylic acids is 1. The van der Waals surface area contributed by atoms with Crippen LogP contribution in [0.1, 0.15) is 13.8 Å². The van der Waals surface area contributed by atoms with Crippen LogP contribution in [0.4, 0.5) is 0 Å². The third-order valence-electron chi connectivity index (χ3n) is 2.63. The number of likely N-dealkylation sites (tertiary alicyclic amines) is 1. The van der Waals surface area contributed by atoms with E-state index in [9.17, 15) is 4.79 Å². The molecule has 2 atom stereocenters. The summed E-state index contributed by atoms with van der Waals surface area (Å²) < 4.78 is 4.69. The van der Waals surface area contributed by atoms with Crippen LogP contribution in [0.15, 0.2) is 0 Å². The molecule has 2 N–H and O–H groups in total. The summed E-state index contributed by atoms with van der Waals surface area (Å²) in [6.07, 6.45) is 0. The maximum absolute atomic E-state index is 11.3. The molecule has 2 unspecified atom stereocenters. The number of methoxy groups -OCH3 is 1. The van der Waals surface area contributed by atoms with Crippen LogP contribution in [-0.2, 0) is 9.53 Å². The summed E-state index contributed by atoms with van der Waals surface area (Å²) in [4.78, 5) is 13.5. The van der Waals surface area contributed by atoms with E-state index in [2.05, 4.69) is 23.5 Å². The van der Waals surface area contributed by atoms with E-state index in [0.29, 0.717) is 6.04 Å². The van der Waals surface area contributed by atoms with Gasteiger partial charge in [-0.1, -0.05) is 0 Å². The average Bonchev–Trinajstić information content (AvgIpc) is 2.46. The summed E-state index contributed by atoms with van der Waals surface area (Å²) in [6, 6.07) is 0.371. The molecular formula is C9H18N2O2. The quantitative estimate of drug-likeness (QED) is 0.608. The first-order valence-electron chi connectivity index (χ1n) is 4.63. The number of carbonyl (C=O) groups is 1. The maximum Gasteiger partial charge on any atom is 0.311 e. The van der Waals surface area contributed by atoms with Crippen LogP contribution in [0.3, 0.4) is 0 Å². The number of esters is 1. The summed E-state index contributed by atoms with van der Waals surface area (Å²) in [5, 5.41) is 0. The molecule has 0 aromatic carbocycles. The minimum Gasteiger partial charge on any atom is -0.469 e. The fourth-order valence-electron chi connectivity index (χ4n) is 1.68. The van der Waals surface area contributed by atoms with Gasteiger partial charge in [0.1, 0.15) is 0 Å². The van der Waals surface area contributed by atoms with E-state index < -0.39 is 0 Å². The Morgan fingerprint density at radius 3 is 2.54 bits per heavy atom. The van der Waals surface area contributed by atoms with Gasteiger partial charge in [-0.25, -0.2) is 0 Å². The smallest absolute Gasteiger partial charge is 0.311 e. The molecule has 1 aliphatic heterocycles. The van der Waals surface area contributed by atoms with Crippen molar-refractivity contribution in [2.24, 2.45) is 11.7 Å². The van der Waals surface area contributed by atoms with E-state index >= 15 is 0 Å². The Bertz CT molecular complexity index is 194. The molecule has 1 aliphatic rings. The van der Waals surface area contributed by atoms with E-state index in [-0.39, 0.29) is 17.9 Å². The number of nitrogens with two attached hydrogens (primary N) is 1. The zero-order valence-corrected chi connectivity index (χ0v) is 8.49. The van der Waals surface area contributed by atoms with E-state index in [4.69, 9.17) is 5.73 Å². The zero-order chi connectivity index (χ0) is 10.0. The van der Waals surface area contributed by atoms with Crippen LogP contribution in [0.5, 0.6) is 0 Å². The highest BCUT2D eigenvalue weighted by Crippen LogP contribution is 2.18. The second-order valence-electron chi connectivity index (χ2n) is 3.84. The third kappa shape index (κ3) is 2.19. The number of rotatable bonds is 2. The lowest BCUT2D eigenvalue weighted by atomic mass is 10.1. The fourth-order valence-corrected chi connectivity index (χ4v) is 1.68. The average molecular weight is 186 g/mol. The summed E-state index contributed by atoms with van der Waals surface area (Å²) in [5.41, 5.74) is 5.84. The first-order chi connectivity index (χ1) is 6.06. The van der Waals surface area contributed by atoms with Gasteiger partial charge in [0, 0.05) is 25.2 Å². The lowest BCUT2D eigenvalue weighted by Gasteiger charge is -2.19. The molecule has 13 heavy (non-hydrogen) atoms. The van der Waals surface area contributed by atoms with Crippen molar-refractivity contribution in [3.63, 3.8) is 0 Å². The Hall–Kier alpha value is -0.610. The molecule has 1 rings (SSSR count). The molecule has 0 saturated carbocycles. The largest absolute Gasteiger partial charge is 0.469 e. The first kappa shape index (κ1) is 10.5. The number of hydrogen-bond acceptors (Lipinski definition) is 4. The first-order valence-corrected chi connectivity index (χ1v) is 4.63. The van der Waals surface area contributed by atoms with E-state index in [0.717, 1.165) is 13.1 Å². The lowest BCUT2D eigenvalue weighted by Crippen LogP contribution is -2.34. The van der Waals surface area contributed by atoms with Crippen molar-refractivity contribution in [3.8, 4) is 0 Å². The second-order valence-corrected chi connectivity index (χ2v) is 3.84. The molecule has 0 bridgehead atoms. The normalized spacial score (nSPS) is 29.6. The van der Waals surface area contributed by atoms with Crippen molar-refractivity contribution in [3.05, 3.63) is 0 Å². The Morgan fingerprint density at radius 1 is 1.54 bits per heavy atom. The van der Waals surface area contributed by atoms with Gasteiger partial charge in [-0.2, -0.15) is 0 Å². The summed E-state index contributed by atoms with van der Waals surface area (Å²) >= 11 is 0. The number of nitrogens with zero attached hydrogens (tertiary/aromatic N) is 1. The molecule has 1 fully saturated rings. The zero-order valence-electron chi connectivity index (χ0n) is 8.49. The molecule has 1 heterocycles. The predicted molar refractivity (Wildman–Crippen MR) is 50.2 cm³/mol. The summed E-state index contributed by atoms with van der Waals surface area (Å²) in [6.45, 7) is 5.72. The van der Waals surface area contributed by atoms with Crippen LogP contribution in [0.2, 0.25) is 0 Å². The Labute approximate surface area is 79.0 Å². The maximum atomic E-state index is 11.3. The van der Waals surface area contributed by atoms with Gasteiger partial charge < -0.3 is 10.5 Å². The van der Waals surface area contributed by atoms with Crippen molar-refractivity contribution < 1.29 is 9.53 Å². The van der Waals surface area contributed by atoms with Crippen LogP contribution < -0.4 is 5.73 Å². The van der Waals surface area contributed by atoms with Crippen molar-refractivity contribution >= 4 is 5.97 Å². The Morgan fingerprint density at radius 2 is 2.15 bits per heavy atom. The van der Waals surface area contributed by atoms with Gasteiger partial charge in [-0.15, -0.1) is 0 Å². The standard InChI is InChI=1S/C9H18N2O2/c1-6(2)11-4-7(8(10)5-11)9(12)13-3/h6-8H,4-5,10H2,1-3H3. The Balaban J connectivity index is 2.56. The van der Waals surface area contributed by atoms with Crippen molar-refractivity contribution in [2.75, 3.05) is 20.2 Å². The molecule has 0 aromatic heterocycles. The molecule has 1 saturated heterocycles. The summed E-state index contributed by atoms with van der Waals surface area (Å²) in [7, 11) is 1.41. The van der Waals surface area contributed by atoms with Crippen molar-refractivity contribution in [2.45, 2.75) is 25.9 Å².